The van der Waals surface area contributed by atoms with E-state index >= 15 is 0 Å². The second-order valence-electron chi connectivity index (χ2n) is 4.52. The Morgan fingerprint density at radius 2 is 0.739 bits per heavy atom. The highest BCUT2D eigenvalue weighted by molar-refractivity contribution is 5.95. The van der Waals surface area contributed by atoms with Crippen LogP contribution in [0.1, 0.15) is 33.4 Å². The van der Waals surface area contributed by atoms with E-state index in [1.807, 2.05) is 0 Å². The van der Waals surface area contributed by atoms with Crippen molar-refractivity contribution in [2.75, 3.05) is 0 Å². The van der Waals surface area contributed by atoms with Crippen LogP contribution in [0.3, 0.4) is 0 Å². The molecule has 0 bridgehead atoms. The summed E-state index contributed by atoms with van der Waals surface area (Å²) in [5, 5.41) is 0. The van der Waals surface area contributed by atoms with Gasteiger partial charge in [-0.25, -0.2) is 22.0 Å². The third-order valence-corrected chi connectivity index (χ3v) is 3.10. The van der Waals surface area contributed by atoms with Crippen LogP contribution in [0.5, 0.6) is 0 Å². The monoisotopic (exact) mass is 324 g/mol. The van der Waals surface area contributed by atoms with Crippen molar-refractivity contribution in [2.24, 2.45) is 0 Å². The standard InChI is InChI=1S/C18H13F5/c1-7-13-14(8(2)19)16(10(4)21)18(12(6)23)17(11(5)22)15(13)9(3)20/h7H,1-6H2. The molecule has 1 aromatic carbocycles. The molecule has 0 heterocycles. The minimum Gasteiger partial charge on any atom is -0.207 e. The summed E-state index contributed by atoms with van der Waals surface area (Å²) in [6.45, 7) is 18.3. The van der Waals surface area contributed by atoms with E-state index < -0.39 is 57.0 Å². The predicted octanol–water partition coefficient (Wildman–Crippen LogP) is 7.03. The van der Waals surface area contributed by atoms with Crippen LogP contribution in [0.4, 0.5) is 22.0 Å². The number of rotatable bonds is 6. The van der Waals surface area contributed by atoms with Crippen molar-refractivity contribution in [3.63, 3.8) is 0 Å². The summed E-state index contributed by atoms with van der Waals surface area (Å²) in [6.07, 6.45) is 0.948. The number of hydrogen-bond donors (Lipinski definition) is 0. The third kappa shape index (κ3) is 3.08. The van der Waals surface area contributed by atoms with E-state index in [0.717, 1.165) is 6.08 Å². The van der Waals surface area contributed by atoms with Crippen LogP contribution in [0.25, 0.3) is 35.2 Å². The van der Waals surface area contributed by atoms with Crippen LogP contribution in [0, 0.1) is 0 Å². The van der Waals surface area contributed by atoms with Gasteiger partial charge in [-0.2, -0.15) is 0 Å². The van der Waals surface area contributed by atoms with Crippen LogP contribution in [-0.4, -0.2) is 0 Å². The molecule has 0 saturated carbocycles. The topological polar surface area (TPSA) is 0 Å². The molecule has 1 aromatic rings. The zero-order valence-electron chi connectivity index (χ0n) is 12.2. The molecule has 0 aromatic heterocycles. The van der Waals surface area contributed by atoms with Crippen LogP contribution >= 0.6 is 0 Å². The Kier molecular flexibility index (Phi) is 5.27. The highest BCUT2D eigenvalue weighted by Gasteiger charge is 2.29. The van der Waals surface area contributed by atoms with Gasteiger partial charge in [-0.05, 0) is 5.56 Å². The molecule has 23 heavy (non-hydrogen) atoms. The maximum absolute atomic E-state index is 13.9. The van der Waals surface area contributed by atoms with Crippen LogP contribution in [-0.2, 0) is 0 Å². The minimum absolute atomic E-state index is 0.349. The SMILES string of the molecule is C=Cc1c(C(=C)F)c(C(=C)F)c(C(=C)F)c(C(=C)F)c1C(=C)F. The average Bonchev–Trinajstić information content (AvgIpc) is 2.42. The molecule has 5 heteroatoms. The summed E-state index contributed by atoms with van der Waals surface area (Å²) in [5.74, 6) is -6.32. The van der Waals surface area contributed by atoms with Crippen molar-refractivity contribution in [3.05, 3.63) is 72.9 Å². The van der Waals surface area contributed by atoms with E-state index in [1.165, 1.54) is 0 Å². The predicted molar refractivity (Wildman–Crippen MR) is 87.2 cm³/mol. The van der Waals surface area contributed by atoms with E-state index in [2.05, 4.69) is 39.5 Å². The molecular weight excluding hydrogens is 311 g/mol. The van der Waals surface area contributed by atoms with Crippen LogP contribution < -0.4 is 0 Å². The highest BCUT2D eigenvalue weighted by Crippen LogP contribution is 2.45. The normalized spacial score (nSPS) is 10.1. The highest BCUT2D eigenvalue weighted by atomic mass is 19.1. The van der Waals surface area contributed by atoms with Gasteiger partial charge in [-0.15, -0.1) is 0 Å². The molecule has 0 unspecified atom stereocenters. The Hall–Kier alpha value is -2.69. The maximum atomic E-state index is 13.9. The summed E-state index contributed by atoms with van der Waals surface area (Å²) >= 11 is 0. The Labute approximate surface area is 131 Å². The molecule has 0 aliphatic carbocycles. The zero-order valence-corrected chi connectivity index (χ0v) is 12.2. The fourth-order valence-electron chi connectivity index (χ4n) is 2.35. The fraction of sp³-hybridized carbons (Fsp3) is 0. The number of hydrogen-bond acceptors (Lipinski definition) is 0. The molecule has 0 atom stereocenters. The average molecular weight is 324 g/mol. The van der Waals surface area contributed by atoms with Gasteiger partial charge in [-0.3, -0.25) is 0 Å². The van der Waals surface area contributed by atoms with Crippen molar-refractivity contribution in [3.8, 4) is 0 Å². The first-order valence-electron chi connectivity index (χ1n) is 6.16. The summed E-state index contributed by atoms with van der Waals surface area (Å²) in [4.78, 5) is 0. The first-order valence-corrected chi connectivity index (χ1v) is 6.16. The maximum Gasteiger partial charge on any atom is 0.124 e. The molecule has 0 N–H and O–H groups in total. The second-order valence-corrected chi connectivity index (χ2v) is 4.52. The van der Waals surface area contributed by atoms with Crippen molar-refractivity contribution in [2.45, 2.75) is 0 Å². The van der Waals surface area contributed by atoms with Gasteiger partial charge in [0.25, 0.3) is 0 Å². The molecule has 0 amide bonds. The van der Waals surface area contributed by atoms with Gasteiger partial charge in [0.1, 0.15) is 29.1 Å². The Balaban J connectivity index is 4.42. The lowest BCUT2D eigenvalue weighted by atomic mass is 9.84. The van der Waals surface area contributed by atoms with Gasteiger partial charge in [0, 0.05) is 27.8 Å². The summed E-state index contributed by atoms with van der Waals surface area (Å²) in [7, 11) is 0. The molecule has 0 fully saturated rings. The number of halogens is 5. The zero-order chi connectivity index (χ0) is 18.1. The fourth-order valence-corrected chi connectivity index (χ4v) is 2.35. The molecule has 0 spiro atoms. The molecule has 120 valence electrons. The molecule has 0 radical (unpaired) electrons. The lowest BCUT2D eigenvalue weighted by Crippen LogP contribution is -2.07. The smallest absolute Gasteiger partial charge is 0.124 e. The van der Waals surface area contributed by atoms with Gasteiger partial charge in [0.05, 0.1) is 0 Å². The molecule has 0 saturated heterocycles. The van der Waals surface area contributed by atoms with Gasteiger partial charge in [-0.1, -0.05) is 45.5 Å². The van der Waals surface area contributed by atoms with E-state index in [4.69, 9.17) is 0 Å². The van der Waals surface area contributed by atoms with Crippen LogP contribution in [0.15, 0.2) is 39.5 Å². The summed E-state index contributed by atoms with van der Waals surface area (Å²) in [5.41, 5.74) is -3.85. The van der Waals surface area contributed by atoms with E-state index in [9.17, 15) is 22.0 Å². The molecule has 1 rings (SSSR count). The van der Waals surface area contributed by atoms with Gasteiger partial charge in [0.15, 0.2) is 0 Å². The largest absolute Gasteiger partial charge is 0.207 e. The van der Waals surface area contributed by atoms with Crippen molar-refractivity contribution >= 4 is 35.2 Å². The molecule has 0 nitrogen and oxygen atoms in total. The lowest BCUT2D eigenvalue weighted by Gasteiger charge is -2.21. The molecule has 0 aliphatic heterocycles. The lowest BCUT2D eigenvalue weighted by molar-refractivity contribution is 0.724. The van der Waals surface area contributed by atoms with Gasteiger partial charge in [0.2, 0.25) is 0 Å². The third-order valence-electron chi connectivity index (χ3n) is 3.10. The van der Waals surface area contributed by atoms with E-state index in [1.54, 1.807) is 0 Å². The molecular formula is C18H13F5. The molecule has 0 aliphatic rings. The second kappa shape index (κ2) is 6.60. The Morgan fingerprint density at radius 1 is 0.522 bits per heavy atom. The first kappa shape index (κ1) is 18.4. The van der Waals surface area contributed by atoms with E-state index in [-0.39, 0.29) is 5.56 Å². The quantitative estimate of drug-likeness (QED) is 0.493. The van der Waals surface area contributed by atoms with Crippen molar-refractivity contribution in [1.82, 2.24) is 0 Å². The Morgan fingerprint density at radius 3 is 0.913 bits per heavy atom. The van der Waals surface area contributed by atoms with E-state index in [0.29, 0.717) is 0 Å². The summed E-state index contributed by atoms with van der Waals surface area (Å²) in [6, 6.07) is 0. The van der Waals surface area contributed by atoms with Gasteiger partial charge >= 0.3 is 0 Å². The number of benzene rings is 1. The summed E-state index contributed by atoms with van der Waals surface area (Å²) < 4.78 is 69.3. The van der Waals surface area contributed by atoms with Gasteiger partial charge < -0.3 is 0 Å². The van der Waals surface area contributed by atoms with Crippen LogP contribution in [0.2, 0.25) is 0 Å². The first-order chi connectivity index (χ1) is 10.6. The van der Waals surface area contributed by atoms with Crippen molar-refractivity contribution < 1.29 is 22.0 Å². The Bertz CT molecular complexity index is 728. The minimum atomic E-state index is -1.33. The van der Waals surface area contributed by atoms with Crippen molar-refractivity contribution in [1.29, 1.82) is 0 Å².